The molecule has 2 heterocycles. The molecule has 9 heteroatoms. The number of rotatable bonds is 7. The highest BCUT2D eigenvalue weighted by molar-refractivity contribution is 7.89. The summed E-state index contributed by atoms with van der Waals surface area (Å²) in [6, 6.07) is 9.69. The number of nitrogens with one attached hydrogen (secondary N) is 1. The van der Waals surface area contributed by atoms with Crippen molar-refractivity contribution in [1.82, 2.24) is 9.62 Å². The van der Waals surface area contributed by atoms with E-state index in [9.17, 15) is 18.3 Å². The highest BCUT2D eigenvalue weighted by Gasteiger charge is 2.46. The normalized spacial score (nSPS) is 20.2. The molecule has 1 atom stereocenters. The van der Waals surface area contributed by atoms with E-state index in [1.807, 2.05) is 17.5 Å². The smallest absolute Gasteiger partial charge is 0.251 e. The van der Waals surface area contributed by atoms with E-state index in [1.54, 1.807) is 0 Å². The fourth-order valence-electron chi connectivity index (χ4n) is 3.55. The van der Waals surface area contributed by atoms with Crippen molar-refractivity contribution >= 4 is 27.3 Å². The Hall–Kier alpha value is -1.78. The molecule has 2 N–H and O–H groups in total. The van der Waals surface area contributed by atoms with E-state index >= 15 is 0 Å². The molecule has 29 heavy (non-hydrogen) atoms. The fraction of sp³-hybridized carbons (Fsp3) is 0.450. The first-order valence-corrected chi connectivity index (χ1v) is 12.0. The summed E-state index contributed by atoms with van der Waals surface area (Å²) < 4.78 is 31.9. The molecule has 0 bridgehead atoms. The van der Waals surface area contributed by atoms with Gasteiger partial charge in [0.15, 0.2) is 0 Å². The first-order chi connectivity index (χ1) is 13.9. The van der Waals surface area contributed by atoms with Crippen LogP contribution in [-0.2, 0) is 20.4 Å². The van der Waals surface area contributed by atoms with Crippen LogP contribution in [0.4, 0.5) is 0 Å². The van der Waals surface area contributed by atoms with Crippen LogP contribution in [0.1, 0.15) is 28.1 Å². The lowest BCUT2D eigenvalue weighted by atomic mass is 9.95. The van der Waals surface area contributed by atoms with E-state index < -0.39 is 15.6 Å². The van der Waals surface area contributed by atoms with Crippen LogP contribution in [0.2, 0.25) is 0 Å². The average Bonchev–Trinajstić information content (AvgIpc) is 3.47. The number of amides is 1. The number of aliphatic hydroxyl groups is 1. The topological polar surface area (TPSA) is 95.9 Å². The number of sulfonamides is 1. The van der Waals surface area contributed by atoms with Crippen molar-refractivity contribution in [3.05, 3.63) is 52.2 Å². The number of carbonyl (C=O) groups excluding carboxylic acids is 1. The number of morpholine rings is 1. The van der Waals surface area contributed by atoms with E-state index in [1.165, 1.54) is 39.9 Å². The van der Waals surface area contributed by atoms with Crippen molar-refractivity contribution < 1.29 is 23.1 Å². The number of ether oxygens (including phenoxy) is 1. The summed E-state index contributed by atoms with van der Waals surface area (Å²) in [5, 5.41) is 15.8. The van der Waals surface area contributed by atoms with E-state index in [-0.39, 0.29) is 23.3 Å². The van der Waals surface area contributed by atoms with Gasteiger partial charge in [0.25, 0.3) is 5.91 Å². The van der Waals surface area contributed by atoms with Crippen molar-refractivity contribution in [2.75, 3.05) is 32.8 Å². The Balaban J connectivity index is 1.43. The average molecular weight is 437 g/mol. The van der Waals surface area contributed by atoms with Gasteiger partial charge < -0.3 is 15.2 Å². The Labute approximate surface area is 174 Å². The lowest BCUT2D eigenvalue weighted by Gasteiger charge is -2.27. The predicted molar refractivity (Wildman–Crippen MR) is 109 cm³/mol. The number of thiophene rings is 1. The number of benzene rings is 1. The van der Waals surface area contributed by atoms with Crippen molar-refractivity contribution in [3.8, 4) is 0 Å². The minimum atomic E-state index is -3.59. The third-order valence-corrected chi connectivity index (χ3v) is 8.39. The van der Waals surface area contributed by atoms with Crippen molar-refractivity contribution in [1.29, 1.82) is 0 Å². The maximum absolute atomic E-state index is 12.7. The molecule has 1 aliphatic heterocycles. The second-order valence-corrected chi connectivity index (χ2v) is 10.3. The van der Waals surface area contributed by atoms with Gasteiger partial charge in [0.1, 0.15) is 5.60 Å². The Morgan fingerprint density at radius 3 is 2.48 bits per heavy atom. The molecule has 0 spiro atoms. The largest absolute Gasteiger partial charge is 0.382 e. The van der Waals surface area contributed by atoms with Gasteiger partial charge in [-0.2, -0.15) is 4.31 Å². The Bertz CT molecular complexity index is 949. The van der Waals surface area contributed by atoms with E-state index in [0.717, 1.165) is 17.7 Å². The van der Waals surface area contributed by atoms with E-state index in [0.29, 0.717) is 31.9 Å². The molecule has 1 saturated carbocycles. The van der Waals surface area contributed by atoms with Gasteiger partial charge in [-0.05, 0) is 54.5 Å². The molecular formula is C20H24N2O5S2. The Kier molecular flexibility index (Phi) is 5.76. The highest BCUT2D eigenvalue weighted by atomic mass is 32.2. The standard InChI is InChI=1S/C20H24N2O5S2/c23-19(21-14-20(24,16-5-6-16)18-2-1-13-28-18)15-3-7-17(8-4-15)29(25,26)22-9-11-27-12-10-22/h1-4,7-8,13,16,24H,5-6,9-12,14H2,(H,21,23). The van der Waals surface area contributed by atoms with Crippen molar-refractivity contribution in [3.63, 3.8) is 0 Å². The van der Waals surface area contributed by atoms with Crippen LogP contribution in [0.5, 0.6) is 0 Å². The second-order valence-electron chi connectivity index (χ2n) is 7.40. The molecule has 2 fully saturated rings. The van der Waals surface area contributed by atoms with Gasteiger partial charge in [-0.1, -0.05) is 6.07 Å². The maximum atomic E-state index is 12.7. The monoisotopic (exact) mass is 436 g/mol. The van der Waals surface area contributed by atoms with Gasteiger partial charge in [0.05, 0.1) is 24.7 Å². The fourth-order valence-corrected chi connectivity index (χ4v) is 5.86. The first-order valence-electron chi connectivity index (χ1n) is 9.64. The second kappa shape index (κ2) is 8.16. The Morgan fingerprint density at radius 1 is 1.21 bits per heavy atom. The molecule has 1 aromatic carbocycles. The van der Waals surface area contributed by atoms with Gasteiger partial charge in [-0.25, -0.2) is 8.42 Å². The van der Waals surface area contributed by atoms with Gasteiger partial charge in [0.2, 0.25) is 10.0 Å². The van der Waals surface area contributed by atoms with Crippen molar-refractivity contribution in [2.24, 2.45) is 5.92 Å². The molecule has 1 amide bonds. The van der Waals surface area contributed by atoms with Crippen LogP contribution in [0, 0.1) is 5.92 Å². The SMILES string of the molecule is O=C(NCC(O)(c1cccs1)C1CC1)c1ccc(S(=O)(=O)N2CCOCC2)cc1. The zero-order valence-corrected chi connectivity index (χ0v) is 17.5. The van der Waals surface area contributed by atoms with Crippen LogP contribution in [0.3, 0.4) is 0 Å². The minimum absolute atomic E-state index is 0.130. The van der Waals surface area contributed by atoms with Crippen molar-refractivity contribution in [2.45, 2.75) is 23.3 Å². The molecule has 4 rings (SSSR count). The van der Waals surface area contributed by atoms with Gasteiger partial charge in [-0.3, -0.25) is 4.79 Å². The summed E-state index contributed by atoms with van der Waals surface area (Å²) in [6.45, 7) is 1.55. The summed E-state index contributed by atoms with van der Waals surface area (Å²) in [7, 11) is -3.59. The van der Waals surface area contributed by atoms with Crippen LogP contribution in [0.15, 0.2) is 46.7 Å². The third-order valence-electron chi connectivity index (χ3n) is 5.44. The summed E-state index contributed by atoms with van der Waals surface area (Å²) >= 11 is 1.48. The third kappa shape index (κ3) is 4.24. The predicted octanol–water partition coefficient (Wildman–Crippen LogP) is 1.80. The highest BCUT2D eigenvalue weighted by Crippen LogP contribution is 2.46. The quantitative estimate of drug-likeness (QED) is 0.690. The lowest BCUT2D eigenvalue weighted by molar-refractivity contribution is 0.0169. The number of nitrogens with zero attached hydrogens (tertiary/aromatic N) is 1. The van der Waals surface area contributed by atoms with Gasteiger partial charge in [-0.15, -0.1) is 11.3 Å². The molecule has 1 unspecified atom stereocenters. The summed E-state index contributed by atoms with van der Waals surface area (Å²) in [6.07, 6.45) is 1.89. The number of hydrogen-bond donors (Lipinski definition) is 2. The zero-order valence-electron chi connectivity index (χ0n) is 15.9. The summed E-state index contributed by atoms with van der Waals surface area (Å²) in [4.78, 5) is 13.6. The molecular weight excluding hydrogens is 412 g/mol. The molecule has 156 valence electrons. The summed E-state index contributed by atoms with van der Waals surface area (Å²) in [5.74, 6) is -0.182. The van der Waals surface area contributed by atoms with E-state index in [4.69, 9.17) is 4.74 Å². The van der Waals surface area contributed by atoms with Gasteiger partial charge >= 0.3 is 0 Å². The van der Waals surface area contributed by atoms with Gasteiger partial charge in [0, 0.05) is 23.5 Å². The minimum Gasteiger partial charge on any atom is -0.382 e. The van der Waals surface area contributed by atoms with E-state index in [2.05, 4.69) is 5.32 Å². The first kappa shape index (κ1) is 20.5. The molecule has 1 aliphatic carbocycles. The van der Waals surface area contributed by atoms with Crippen LogP contribution in [-0.4, -0.2) is 56.6 Å². The molecule has 0 radical (unpaired) electrons. The zero-order chi connectivity index (χ0) is 20.5. The Morgan fingerprint density at radius 2 is 1.90 bits per heavy atom. The molecule has 2 aliphatic rings. The molecule has 2 aromatic rings. The van der Waals surface area contributed by atoms with Crippen LogP contribution >= 0.6 is 11.3 Å². The number of carbonyl (C=O) groups is 1. The molecule has 1 aromatic heterocycles. The summed E-state index contributed by atoms with van der Waals surface area (Å²) in [5.41, 5.74) is -0.695. The molecule has 1 saturated heterocycles. The number of hydrogen-bond acceptors (Lipinski definition) is 6. The molecule has 7 nitrogen and oxygen atoms in total. The maximum Gasteiger partial charge on any atom is 0.251 e. The lowest BCUT2D eigenvalue weighted by Crippen LogP contribution is -2.42. The van der Waals surface area contributed by atoms with Crippen LogP contribution in [0.25, 0.3) is 0 Å². The van der Waals surface area contributed by atoms with Crippen LogP contribution < -0.4 is 5.32 Å².